The van der Waals surface area contributed by atoms with Gasteiger partial charge in [-0.1, -0.05) is 40.5 Å². The highest BCUT2D eigenvalue weighted by Crippen LogP contribution is 2.40. The molecule has 0 atom stereocenters. The van der Waals surface area contributed by atoms with Crippen molar-refractivity contribution < 1.29 is 4.74 Å². The lowest BCUT2D eigenvalue weighted by atomic mass is 9.82. The van der Waals surface area contributed by atoms with Crippen molar-refractivity contribution in [1.82, 2.24) is 5.32 Å². The van der Waals surface area contributed by atoms with Crippen LogP contribution in [0.2, 0.25) is 0 Å². The molecule has 0 amide bonds. The van der Waals surface area contributed by atoms with Gasteiger partial charge in [0.25, 0.3) is 0 Å². The molecule has 1 saturated carbocycles. The van der Waals surface area contributed by atoms with Crippen LogP contribution < -0.4 is 5.32 Å². The second-order valence-corrected chi connectivity index (χ2v) is 6.46. The van der Waals surface area contributed by atoms with E-state index in [1.807, 2.05) is 0 Å². The van der Waals surface area contributed by atoms with E-state index in [2.05, 4.69) is 33.0 Å². The predicted octanol–water partition coefficient (Wildman–Crippen LogP) is 3.61. The fourth-order valence-corrected chi connectivity index (χ4v) is 2.67. The van der Waals surface area contributed by atoms with Crippen molar-refractivity contribution >= 4 is 0 Å². The summed E-state index contributed by atoms with van der Waals surface area (Å²) in [6.45, 7) is 11.9. The second kappa shape index (κ2) is 7.38. The third-order valence-electron chi connectivity index (χ3n) is 3.78. The van der Waals surface area contributed by atoms with Gasteiger partial charge >= 0.3 is 0 Å². The van der Waals surface area contributed by atoms with Crippen LogP contribution in [-0.2, 0) is 4.74 Å². The van der Waals surface area contributed by atoms with E-state index >= 15 is 0 Å². The average molecular weight is 241 g/mol. The molecule has 0 saturated heterocycles. The van der Waals surface area contributed by atoms with E-state index in [1.165, 1.54) is 38.6 Å². The van der Waals surface area contributed by atoms with E-state index in [1.54, 1.807) is 0 Å². The summed E-state index contributed by atoms with van der Waals surface area (Å²) in [6.07, 6.45) is 6.82. The van der Waals surface area contributed by atoms with Gasteiger partial charge in [0.2, 0.25) is 0 Å². The smallest absolute Gasteiger partial charge is 0.0488 e. The summed E-state index contributed by atoms with van der Waals surface area (Å²) < 4.78 is 5.76. The van der Waals surface area contributed by atoms with Crippen molar-refractivity contribution in [2.24, 2.45) is 11.3 Å². The Morgan fingerprint density at radius 3 is 2.29 bits per heavy atom. The zero-order valence-corrected chi connectivity index (χ0v) is 12.2. The maximum absolute atomic E-state index is 5.76. The molecule has 0 radical (unpaired) electrons. The van der Waals surface area contributed by atoms with Crippen molar-refractivity contribution in [2.75, 3.05) is 19.8 Å². The number of hydrogen-bond donors (Lipinski definition) is 1. The minimum Gasteiger partial charge on any atom is -0.381 e. The summed E-state index contributed by atoms with van der Waals surface area (Å²) in [6, 6.07) is 0.601. The maximum atomic E-state index is 5.76. The van der Waals surface area contributed by atoms with Crippen molar-refractivity contribution in [2.45, 2.75) is 65.8 Å². The van der Waals surface area contributed by atoms with Crippen LogP contribution in [0.5, 0.6) is 0 Å². The molecule has 0 spiro atoms. The van der Waals surface area contributed by atoms with Gasteiger partial charge in [0, 0.05) is 25.8 Å². The van der Waals surface area contributed by atoms with Crippen molar-refractivity contribution in [1.29, 1.82) is 0 Å². The van der Waals surface area contributed by atoms with Gasteiger partial charge in [-0.3, -0.25) is 0 Å². The summed E-state index contributed by atoms with van der Waals surface area (Å²) in [5.41, 5.74) is 0.529. The van der Waals surface area contributed by atoms with Crippen LogP contribution in [0.1, 0.15) is 59.8 Å². The molecule has 0 unspecified atom stereocenters. The van der Waals surface area contributed by atoms with Gasteiger partial charge in [-0.15, -0.1) is 0 Å². The molecule has 1 aliphatic rings. The molecule has 1 N–H and O–H groups in total. The average Bonchev–Trinajstić information content (AvgIpc) is 2.71. The molecule has 1 fully saturated rings. The lowest BCUT2D eigenvalue weighted by molar-refractivity contribution is 0.0762. The van der Waals surface area contributed by atoms with Gasteiger partial charge in [0.15, 0.2) is 0 Å². The van der Waals surface area contributed by atoms with Crippen LogP contribution in [0.15, 0.2) is 0 Å². The summed E-state index contributed by atoms with van der Waals surface area (Å²) >= 11 is 0. The van der Waals surface area contributed by atoms with Crippen LogP contribution in [0, 0.1) is 11.3 Å². The highest BCUT2D eigenvalue weighted by molar-refractivity contribution is 4.87. The van der Waals surface area contributed by atoms with Gasteiger partial charge in [-0.25, -0.2) is 0 Å². The molecular formula is C15H31NO. The summed E-state index contributed by atoms with van der Waals surface area (Å²) in [7, 11) is 0. The molecule has 0 heterocycles. The first-order valence-electron chi connectivity index (χ1n) is 7.35. The van der Waals surface area contributed by atoms with Crippen LogP contribution in [0.4, 0.5) is 0 Å². The van der Waals surface area contributed by atoms with Gasteiger partial charge in [0.05, 0.1) is 0 Å². The number of nitrogens with one attached hydrogen (secondary N) is 1. The normalized spacial score (nSPS) is 19.4. The zero-order chi connectivity index (χ0) is 12.7. The molecule has 2 nitrogen and oxygen atoms in total. The summed E-state index contributed by atoms with van der Waals surface area (Å²) in [4.78, 5) is 0. The van der Waals surface area contributed by atoms with E-state index in [9.17, 15) is 0 Å². The van der Waals surface area contributed by atoms with E-state index in [-0.39, 0.29) is 0 Å². The van der Waals surface area contributed by atoms with Crippen molar-refractivity contribution in [3.63, 3.8) is 0 Å². The lowest BCUT2D eigenvalue weighted by Gasteiger charge is -2.30. The SMILES string of the molecule is CC(C)COCCC1(CNC(C)C)CCCC1. The first-order valence-corrected chi connectivity index (χ1v) is 7.35. The molecular weight excluding hydrogens is 210 g/mol. The van der Waals surface area contributed by atoms with E-state index < -0.39 is 0 Å². The Bertz CT molecular complexity index is 195. The Morgan fingerprint density at radius 1 is 1.12 bits per heavy atom. The topological polar surface area (TPSA) is 21.3 Å². The fraction of sp³-hybridized carbons (Fsp3) is 1.00. The zero-order valence-electron chi connectivity index (χ0n) is 12.2. The van der Waals surface area contributed by atoms with Gasteiger partial charge in [-0.2, -0.15) is 0 Å². The highest BCUT2D eigenvalue weighted by atomic mass is 16.5. The molecule has 0 aliphatic heterocycles. The van der Waals surface area contributed by atoms with Gasteiger partial charge in [0.1, 0.15) is 0 Å². The molecule has 0 bridgehead atoms. The Morgan fingerprint density at radius 2 is 1.76 bits per heavy atom. The van der Waals surface area contributed by atoms with Crippen LogP contribution >= 0.6 is 0 Å². The van der Waals surface area contributed by atoms with E-state index in [0.29, 0.717) is 17.4 Å². The minimum atomic E-state index is 0.529. The van der Waals surface area contributed by atoms with Gasteiger partial charge in [-0.05, 0) is 30.6 Å². The molecule has 0 aromatic heterocycles. The Hall–Kier alpha value is -0.0800. The molecule has 1 aliphatic carbocycles. The number of rotatable bonds is 8. The molecule has 0 aromatic rings. The summed E-state index contributed by atoms with van der Waals surface area (Å²) in [5, 5.41) is 3.62. The molecule has 17 heavy (non-hydrogen) atoms. The Kier molecular flexibility index (Phi) is 6.50. The third kappa shape index (κ3) is 5.87. The minimum absolute atomic E-state index is 0.529. The Balaban J connectivity index is 2.27. The van der Waals surface area contributed by atoms with E-state index in [0.717, 1.165) is 13.2 Å². The number of hydrogen-bond acceptors (Lipinski definition) is 2. The quantitative estimate of drug-likeness (QED) is 0.656. The first-order chi connectivity index (χ1) is 8.04. The second-order valence-electron chi connectivity index (χ2n) is 6.46. The summed E-state index contributed by atoms with van der Waals surface area (Å²) in [5.74, 6) is 0.656. The van der Waals surface area contributed by atoms with Crippen LogP contribution in [0.3, 0.4) is 0 Å². The lowest BCUT2D eigenvalue weighted by Crippen LogP contribution is -2.36. The molecule has 0 aromatic carbocycles. The molecule has 1 rings (SSSR count). The predicted molar refractivity (Wildman–Crippen MR) is 74.3 cm³/mol. The maximum Gasteiger partial charge on any atom is 0.0488 e. The Labute approximate surface area is 108 Å². The molecule has 102 valence electrons. The van der Waals surface area contributed by atoms with Crippen molar-refractivity contribution in [3.8, 4) is 0 Å². The number of ether oxygens (including phenoxy) is 1. The monoisotopic (exact) mass is 241 g/mol. The van der Waals surface area contributed by atoms with E-state index in [4.69, 9.17) is 4.74 Å². The van der Waals surface area contributed by atoms with Crippen LogP contribution in [-0.4, -0.2) is 25.8 Å². The van der Waals surface area contributed by atoms with Gasteiger partial charge < -0.3 is 10.1 Å². The standard InChI is InChI=1S/C15H31NO/c1-13(2)11-17-10-9-15(7-5-6-8-15)12-16-14(3)4/h13-14,16H,5-12H2,1-4H3. The third-order valence-corrected chi connectivity index (χ3v) is 3.78. The fourth-order valence-electron chi connectivity index (χ4n) is 2.67. The first kappa shape index (κ1) is 15.0. The highest BCUT2D eigenvalue weighted by Gasteiger charge is 2.33. The van der Waals surface area contributed by atoms with Crippen LogP contribution in [0.25, 0.3) is 0 Å². The van der Waals surface area contributed by atoms with Crippen molar-refractivity contribution in [3.05, 3.63) is 0 Å². The molecule has 2 heteroatoms. The largest absolute Gasteiger partial charge is 0.381 e.